The molecule has 0 atom stereocenters. The largest absolute Gasteiger partial charge is 0.395 e. The number of aromatic amines is 2. The third-order valence-corrected chi connectivity index (χ3v) is 2.20. The van der Waals surface area contributed by atoms with E-state index in [9.17, 15) is 4.79 Å². The second kappa shape index (κ2) is 4.05. The number of hydrogen-bond donors (Lipinski definition) is 4. The lowest BCUT2D eigenvalue weighted by Crippen LogP contribution is -2.14. The maximum Gasteiger partial charge on any atom is 0.279 e. The van der Waals surface area contributed by atoms with E-state index in [-0.39, 0.29) is 11.6 Å². The number of aryl methyl sites for hydroxylation is 1. The molecule has 2 heterocycles. The number of nitrogen functional groups attached to an aromatic ring is 1. The average Bonchev–Trinajstić information content (AvgIpc) is 2.87. The molecule has 0 aliphatic rings. The summed E-state index contributed by atoms with van der Waals surface area (Å²) in [4.78, 5) is 11.7. The number of nitrogens with zero attached hydrogens (tertiary/aromatic N) is 2. The Morgan fingerprint density at radius 2 is 2.38 bits per heavy atom. The standard InChI is InChI=1S/C9H12N6O/c1-2-5-7(10)8(15-13-5)9(16)12-6-3-4-11-14-6/h3-4H,2,10H2,1H3,(H,13,15)(H2,11,12,14,16). The zero-order valence-electron chi connectivity index (χ0n) is 8.74. The fourth-order valence-corrected chi connectivity index (χ4v) is 1.34. The third kappa shape index (κ3) is 1.74. The van der Waals surface area contributed by atoms with Gasteiger partial charge in [-0.15, -0.1) is 0 Å². The van der Waals surface area contributed by atoms with E-state index in [4.69, 9.17) is 5.73 Å². The Labute approximate surface area is 91.4 Å². The van der Waals surface area contributed by atoms with Gasteiger partial charge in [0.2, 0.25) is 0 Å². The fourth-order valence-electron chi connectivity index (χ4n) is 1.34. The number of aromatic nitrogens is 4. The van der Waals surface area contributed by atoms with E-state index in [0.717, 1.165) is 5.69 Å². The summed E-state index contributed by atoms with van der Waals surface area (Å²) in [5.41, 5.74) is 7.11. The van der Waals surface area contributed by atoms with Gasteiger partial charge in [-0.05, 0) is 6.42 Å². The van der Waals surface area contributed by atoms with Gasteiger partial charge in [-0.3, -0.25) is 15.0 Å². The first-order valence-corrected chi connectivity index (χ1v) is 4.85. The molecular weight excluding hydrogens is 208 g/mol. The number of nitrogens with one attached hydrogen (secondary N) is 3. The number of anilines is 2. The highest BCUT2D eigenvalue weighted by atomic mass is 16.2. The smallest absolute Gasteiger partial charge is 0.279 e. The highest BCUT2D eigenvalue weighted by Gasteiger charge is 2.16. The number of nitrogens with two attached hydrogens (primary N) is 1. The van der Waals surface area contributed by atoms with Crippen LogP contribution >= 0.6 is 0 Å². The first kappa shape index (κ1) is 10.2. The number of amides is 1. The van der Waals surface area contributed by atoms with Crippen LogP contribution < -0.4 is 11.1 Å². The lowest BCUT2D eigenvalue weighted by Gasteiger charge is -2.00. The molecule has 2 rings (SSSR count). The Morgan fingerprint density at radius 1 is 1.56 bits per heavy atom. The highest BCUT2D eigenvalue weighted by Crippen LogP contribution is 2.15. The van der Waals surface area contributed by atoms with Crippen molar-refractivity contribution >= 4 is 17.4 Å². The average molecular weight is 220 g/mol. The number of carbonyl (C=O) groups is 1. The summed E-state index contributed by atoms with van der Waals surface area (Å²) in [6.45, 7) is 1.93. The molecule has 0 radical (unpaired) electrons. The first-order chi connectivity index (χ1) is 7.72. The summed E-state index contributed by atoms with van der Waals surface area (Å²) in [5.74, 6) is 0.142. The molecule has 0 fully saturated rings. The fraction of sp³-hybridized carbons (Fsp3) is 0.222. The van der Waals surface area contributed by atoms with Crippen LogP contribution in [0.4, 0.5) is 11.5 Å². The summed E-state index contributed by atoms with van der Waals surface area (Å²) in [5, 5.41) is 15.5. The van der Waals surface area contributed by atoms with Gasteiger partial charge in [0.05, 0.1) is 17.6 Å². The van der Waals surface area contributed by atoms with Crippen LogP contribution in [0.5, 0.6) is 0 Å². The molecule has 0 aliphatic carbocycles. The van der Waals surface area contributed by atoms with Gasteiger partial charge in [0.1, 0.15) is 5.82 Å². The summed E-state index contributed by atoms with van der Waals surface area (Å²) < 4.78 is 0. The van der Waals surface area contributed by atoms with Gasteiger partial charge < -0.3 is 11.1 Å². The second-order valence-electron chi connectivity index (χ2n) is 3.24. The van der Waals surface area contributed by atoms with E-state index in [1.165, 1.54) is 0 Å². The molecule has 0 aliphatic heterocycles. The van der Waals surface area contributed by atoms with Crippen LogP contribution in [-0.2, 0) is 6.42 Å². The van der Waals surface area contributed by atoms with Crippen molar-refractivity contribution in [2.45, 2.75) is 13.3 Å². The highest BCUT2D eigenvalue weighted by molar-refractivity contribution is 6.06. The summed E-state index contributed by atoms with van der Waals surface area (Å²) in [7, 11) is 0. The van der Waals surface area contributed by atoms with Crippen molar-refractivity contribution in [1.29, 1.82) is 0 Å². The van der Waals surface area contributed by atoms with Crippen molar-refractivity contribution in [3.63, 3.8) is 0 Å². The van der Waals surface area contributed by atoms with Gasteiger partial charge in [-0.1, -0.05) is 6.92 Å². The molecule has 0 unspecified atom stereocenters. The van der Waals surface area contributed by atoms with Gasteiger partial charge in [0.25, 0.3) is 5.91 Å². The minimum atomic E-state index is -0.363. The van der Waals surface area contributed by atoms with Crippen LogP contribution in [0.2, 0.25) is 0 Å². The number of hydrogen-bond acceptors (Lipinski definition) is 4. The summed E-state index contributed by atoms with van der Waals surface area (Å²) in [6, 6.07) is 1.64. The monoisotopic (exact) mass is 220 g/mol. The van der Waals surface area contributed by atoms with E-state index >= 15 is 0 Å². The molecule has 5 N–H and O–H groups in total. The van der Waals surface area contributed by atoms with Crippen LogP contribution in [0.25, 0.3) is 0 Å². The van der Waals surface area contributed by atoms with E-state index in [2.05, 4.69) is 25.7 Å². The molecule has 7 nitrogen and oxygen atoms in total. The third-order valence-electron chi connectivity index (χ3n) is 2.20. The van der Waals surface area contributed by atoms with Crippen LogP contribution in [0, 0.1) is 0 Å². The Morgan fingerprint density at radius 3 is 2.94 bits per heavy atom. The predicted molar refractivity (Wildman–Crippen MR) is 58.9 cm³/mol. The molecule has 0 aromatic carbocycles. The second-order valence-corrected chi connectivity index (χ2v) is 3.24. The SMILES string of the molecule is CCc1[nH]nc(C(=O)Nc2ccn[nH]2)c1N. The lowest BCUT2D eigenvalue weighted by atomic mass is 10.2. The Balaban J connectivity index is 2.18. The van der Waals surface area contributed by atoms with Crippen molar-refractivity contribution in [3.05, 3.63) is 23.7 Å². The molecule has 2 aromatic rings. The van der Waals surface area contributed by atoms with E-state index in [0.29, 0.717) is 17.9 Å². The lowest BCUT2D eigenvalue weighted by molar-refractivity contribution is 0.102. The molecule has 2 aromatic heterocycles. The number of carbonyl (C=O) groups excluding carboxylic acids is 1. The van der Waals surface area contributed by atoms with Crippen LogP contribution in [0.15, 0.2) is 12.3 Å². The molecule has 7 heteroatoms. The van der Waals surface area contributed by atoms with Crippen molar-refractivity contribution in [2.24, 2.45) is 0 Å². The normalized spacial score (nSPS) is 10.3. The minimum Gasteiger partial charge on any atom is -0.395 e. The van der Waals surface area contributed by atoms with Gasteiger partial charge in [-0.25, -0.2) is 0 Å². The number of rotatable bonds is 3. The van der Waals surface area contributed by atoms with Crippen molar-refractivity contribution in [1.82, 2.24) is 20.4 Å². The predicted octanol–water partition coefficient (Wildman–Crippen LogP) is 0.530. The molecule has 0 saturated carbocycles. The molecule has 0 saturated heterocycles. The zero-order chi connectivity index (χ0) is 11.5. The maximum atomic E-state index is 11.7. The van der Waals surface area contributed by atoms with Gasteiger partial charge in [0, 0.05) is 6.07 Å². The quantitative estimate of drug-likeness (QED) is 0.604. The van der Waals surface area contributed by atoms with Gasteiger partial charge >= 0.3 is 0 Å². The summed E-state index contributed by atoms with van der Waals surface area (Å²) >= 11 is 0. The van der Waals surface area contributed by atoms with Crippen molar-refractivity contribution in [2.75, 3.05) is 11.1 Å². The van der Waals surface area contributed by atoms with E-state index < -0.39 is 0 Å². The molecule has 0 spiro atoms. The van der Waals surface area contributed by atoms with Gasteiger partial charge in [-0.2, -0.15) is 10.2 Å². The van der Waals surface area contributed by atoms with E-state index in [1.54, 1.807) is 12.3 Å². The molecule has 1 amide bonds. The van der Waals surface area contributed by atoms with Crippen LogP contribution in [-0.4, -0.2) is 26.3 Å². The number of H-pyrrole nitrogens is 2. The van der Waals surface area contributed by atoms with Crippen molar-refractivity contribution < 1.29 is 4.79 Å². The topological polar surface area (TPSA) is 112 Å². The van der Waals surface area contributed by atoms with Crippen LogP contribution in [0.3, 0.4) is 0 Å². The molecular formula is C9H12N6O. The maximum absolute atomic E-state index is 11.7. The Kier molecular flexibility index (Phi) is 2.59. The first-order valence-electron chi connectivity index (χ1n) is 4.85. The van der Waals surface area contributed by atoms with Crippen molar-refractivity contribution in [3.8, 4) is 0 Å². The Bertz CT molecular complexity index is 486. The van der Waals surface area contributed by atoms with Crippen LogP contribution in [0.1, 0.15) is 23.1 Å². The molecule has 0 bridgehead atoms. The molecule has 16 heavy (non-hydrogen) atoms. The van der Waals surface area contributed by atoms with E-state index in [1.807, 2.05) is 6.92 Å². The summed E-state index contributed by atoms with van der Waals surface area (Å²) in [6.07, 6.45) is 2.25. The Hall–Kier alpha value is -2.31. The van der Waals surface area contributed by atoms with Gasteiger partial charge in [0.15, 0.2) is 5.69 Å². The minimum absolute atomic E-state index is 0.200. The zero-order valence-corrected chi connectivity index (χ0v) is 8.74. The molecule has 84 valence electrons.